The van der Waals surface area contributed by atoms with Gasteiger partial charge in [0.1, 0.15) is 5.75 Å². The van der Waals surface area contributed by atoms with Crippen LogP contribution < -0.4 is 5.32 Å². The first kappa shape index (κ1) is 14.9. The van der Waals surface area contributed by atoms with E-state index in [1.807, 2.05) is 12.1 Å². The summed E-state index contributed by atoms with van der Waals surface area (Å²) >= 11 is 0. The van der Waals surface area contributed by atoms with Crippen molar-refractivity contribution in [2.75, 3.05) is 6.54 Å². The molecule has 116 valence electrons. The molecule has 1 atom stereocenters. The van der Waals surface area contributed by atoms with Crippen molar-refractivity contribution in [1.82, 2.24) is 5.32 Å². The summed E-state index contributed by atoms with van der Waals surface area (Å²) in [5, 5.41) is 13.5. The SMILES string of the molecule is CCC1CCC(CNC2CCCc3cc(O)ccc32)CC1. The van der Waals surface area contributed by atoms with E-state index in [-0.39, 0.29) is 0 Å². The van der Waals surface area contributed by atoms with Gasteiger partial charge in [-0.05, 0) is 73.7 Å². The van der Waals surface area contributed by atoms with Gasteiger partial charge < -0.3 is 10.4 Å². The van der Waals surface area contributed by atoms with Crippen LogP contribution >= 0.6 is 0 Å². The van der Waals surface area contributed by atoms with E-state index in [0.717, 1.165) is 18.3 Å². The first-order chi connectivity index (χ1) is 10.3. The van der Waals surface area contributed by atoms with Gasteiger partial charge in [-0.1, -0.05) is 32.3 Å². The second kappa shape index (κ2) is 6.83. The largest absolute Gasteiger partial charge is 0.508 e. The van der Waals surface area contributed by atoms with Crippen LogP contribution in [0.15, 0.2) is 18.2 Å². The summed E-state index contributed by atoms with van der Waals surface area (Å²) in [5.41, 5.74) is 2.76. The third-order valence-corrected chi connectivity index (χ3v) is 5.64. The molecule has 0 heterocycles. The molecule has 2 aliphatic carbocycles. The molecule has 3 rings (SSSR count). The van der Waals surface area contributed by atoms with Crippen molar-refractivity contribution in [2.45, 2.75) is 64.3 Å². The average molecular weight is 287 g/mol. The number of hydrogen-bond acceptors (Lipinski definition) is 2. The topological polar surface area (TPSA) is 32.3 Å². The lowest BCUT2D eigenvalue weighted by Gasteiger charge is -2.31. The van der Waals surface area contributed by atoms with E-state index in [9.17, 15) is 5.11 Å². The first-order valence-electron chi connectivity index (χ1n) is 8.81. The Morgan fingerprint density at radius 2 is 1.86 bits per heavy atom. The lowest BCUT2D eigenvalue weighted by Crippen LogP contribution is -2.31. The molecule has 0 saturated heterocycles. The van der Waals surface area contributed by atoms with Gasteiger partial charge in [0.25, 0.3) is 0 Å². The van der Waals surface area contributed by atoms with Crippen LogP contribution in [-0.4, -0.2) is 11.7 Å². The average Bonchev–Trinajstić information content (AvgIpc) is 2.53. The first-order valence-corrected chi connectivity index (χ1v) is 8.81. The Balaban J connectivity index is 1.55. The molecule has 2 heteroatoms. The highest BCUT2D eigenvalue weighted by atomic mass is 16.3. The van der Waals surface area contributed by atoms with E-state index >= 15 is 0 Å². The minimum Gasteiger partial charge on any atom is -0.508 e. The maximum absolute atomic E-state index is 9.64. The van der Waals surface area contributed by atoms with Crippen molar-refractivity contribution in [3.8, 4) is 5.75 Å². The third-order valence-electron chi connectivity index (χ3n) is 5.64. The van der Waals surface area contributed by atoms with Crippen LogP contribution in [0.3, 0.4) is 0 Å². The van der Waals surface area contributed by atoms with Crippen molar-refractivity contribution in [3.05, 3.63) is 29.3 Å². The van der Waals surface area contributed by atoms with Crippen molar-refractivity contribution < 1.29 is 5.11 Å². The summed E-state index contributed by atoms with van der Waals surface area (Å²) in [6, 6.07) is 6.41. The lowest BCUT2D eigenvalue weighted by atomic mass is 9.80. The molecule has 1 unspecified atom stereocenters. The minimum absolute atomic E-state index is 0.410. The second-order valence-electron chi connectivity index (χ2n) is 7.03. The van der Waals surface area contributed by atoms with E-state index in [1.54, 1.807) is 0 Å². The van der Waals surface area contributed by atoms with Crippen LogP contribution in [-0.2, 0) is 6.42 Å². The van der Waals surface area contributed by atoms with Crippen molar-refractivity contribution >= 4 is 0 Å². The zero-order valence-corrected chi connectivity index (χ0v) is 13.3. The predicted molar refractivity (Wildman–Crippen MR) is 87.5 cm³/mol. The number of rotatable bonds is 4. The van der Waals surface area contributed by atoms with E-state index < -0.39 is 0 Å². The van der Waals surface area contributed by atoms with Crippen molar-refractivity contribution in [2.24, 2.45) is 11.8 Å². The number of hydrogen-bond donors (Lipinski definition) is 2. The minimum atomic E-state index is 0.410. The van der Waals surface area contributed by atoms with Gasteiger partial charge in [0.15, 0.2) is 0 Å². The quantitative estimate of drug-likeness (QED) is 0.850. The smallest absolute Gasteiger partial charge is 0.115 e. The number of aromatic hydroxyl groups is 1. The standard InChI is InChI=1S/C19H29NO/c1-2-14-6-8-15(9-7-14)13-20-19-5-3-4-16-12-17(21)10-11-18(16)19/h10-12,14-15,19-21H,2-9,13H2,1H3. The molecule has 0 bridgehead atoms. The Morgan fingerprint density at radius 1 is 1.10 bits per heavy atom. The fourth-order valence-corrected chi connectivity index (χ4v) is 4.17. The molecule has 1 aromatic rings. The maximum atomic E-state index is 9.64. The van der Waals surface area contributed by atoms with Gasteiger partial charge in [-0.25, -0.2) is 0 Å². The van der Waals surface area contributed by atoms with E-state index in [1.165, 1.54) is 62.6 Å². The molecule has 1 saturated carbocycles. The van der Waals surface area contributed by atoms with Gasteiger partial charge in [-0.15, -0.1) is 0 Å². The summed E-state index contributed by atoms with van der Waals surface area (Å²) in [4.78, 5) is 0. The molecule has 2 aliphatic rings. The Hall–Kier alpha value is -1.02. The molecule has 1 aromatic carbocycles. The fourth-order valence-electron chi connectivity index (χ4n) is 4.17. The van der Waals surface area contributed by atoms with E-state index in [0.29, 0.717) is 11.8 Å². The van der Waals surface area contributed by atoms with Gasteiger partial charge >= 0.3 is 0 Å². The van der Waals surface area contributed by atoms with E-state index in [4.69, 9.17) is 0 Å². The predicted octanol–water partition coefficient (Wildman–Crippen LogP) is 4.58. The highest BCUT2D eigenvalue weighted by Gasteiger charge is 2.23. The highest BCUT2D eigenvalue weighted by molar-refractivity contribution is 5.38. The number of fused-ring (bicyclic) bond motifs is 1. The third kappa shape index (κ3) is 3.60. The molecule has 2 N–H and O–H groups in total. The summed E-state index contributed by atoms with van der Waals surface area (Å²) in [7, 11) is 0. The molecular weight excluding hydrogens is 258 g/mol. The summed E-state index contributed by atoms with van der Waals surface area (Å²) in [6.07, 6.45) is 10.6. The van der Waals surface area contributed by atoms with Crippen LogP contribution in [0.1, 0.15) is 69.0 Å². The van der Waals surface area contributed by atoms with Crippen molar-refractivity contribution in [3.63, 3.8) is 0 Å². The van der Waals surface area contributed by atoms with Crippen LogP contribution in [0.2, 0.25) is 0 Å². The van der Waals surface area contributed by atoms with E-state index in [2.05, 4.69) is 18.3 Å². The number of aryl methyl sites for hydroxylation is 1. The molecule has 1 fully saturated rings. The zero-order chi connectivity index (χ0) is 14.7. The molecule has 0 amide bonds. The maximum Gasteiger partial charge on any atom is 0.115 e. The monoisotopic (exact) mass is 287 g/mol. The number of phenols is 1. The molecular formula is C19H29NO. The van der Waals surface area contributed by atoms with Crippen LogP contribution in [0.5, 0.6) is 5.75 Å². The van der Waals surface area contributed by atoms with Gasteiger partial charge in [-0.3, -0.25) is 0 Å². The Morgan fingerprint density at radius 3 is 2.62 bits per heavy atom. The summed E-state index contributed by atoms with van der Waals surface area (Å²) < 4.78 is 0. The second-order valence-corrected chi connectivity index (χ2v) is 7.03. The molecule has 0 radical (unpaired) electrons. The van der Waals surface area contributed by atoms with Gasteiger partial charge in [0, 0.05) is 6.04 Å². The lowest BCUT2D eigenvalue weighted by molar-refractivity contribution is 0.254. The molecule has 0 aromatic heterocycles. The van der Waals surface area contributed by atoms with Crippen LogP contribution in [0, 0.1) is 11.8 Å². The van der Waals surface area contributed by atoms with Gasteiger partial charge in [0.05, 0.1) is 0 Å². The normalized spacial score (nSPS) is 29.1. The Bertz CT molecular complexity index is 463. The van der Waals surface area contributed by atoms with Crippen LogP contribution in [0.4, 0.5) is 0 Å². The molecule has 2 nitrogen and oxygen atoms in total. The number of phenolic OH excluding ortho intramolecular Hbond substituents is 1. The summed E-state index contributed by atoms with van der Waals surface area (Å²) in [6.45, 7) is 3.50. The molecule has 21 heavy (non-hydrogen) atoms. The fraction of sp³-hybridized carbons (Fsp3) is 0.684. The van der Waals surface area contributed by atoms with Gasteiger partial charge in [0.2, 0.25) is 0 Å². The van der Waals surface area contributed by atoms with Crippen molar-refractivity contribution in [1.29, 1.82) is 0 Å². The highest BCUT2D eigenvalue weighted by Crippen LogP contribution is 2.34. The number of nitrogens with one attached hydrogen (secondary N) is 1. The Kier molecular flexibility index (Phi) is 4.84. The summed E-state index contributed by atoms with van der Waals surface area (Å²) in [5.74, 6) is 2.27. The number of benzene rings is 1. The van der Waals surface area contributed by atoms with Crippen LogP contribution in [0.25, 0.3) is 0 Å². The molecule has 0 spiro atoms. The molecule has 0 aliphatic heterocycles. The van der Waals surface area contributed by atoms with Gasteiger partial charge in [-0.2, -0.15) is 0 Å². The zero-order valence-electron chi connectivity index (χ0n) is 13.3. The Labute approximate surface area is 129 Å².